The van der Waals surface area contributed by atoms with Gasteiger partial charge >= 0.3 is 0 Å². The molecule has 0 aliphatic rings. The van der Waals surface area contributed by atoms with E-state index >= 15 is 0 Å². The van der Waals surface area contributed by atoms with Crippen molar-refractivity contribution in [3.63, 3.8) is 0 Å². The highest BCUT2D eigenvalue weighted by Gasteiger charge is 2.16. The smallest absolute Gasteiger partial charge is 0.291 e. The zero-order valence-electron chi connectivity index (χ0n) is 16.9. The van der Waals surface area contributed by atoms with E-state index in [1.54, 1.807) is 55.6 Å². The predicted molar refractivity (Wildman–Crippen MR) is 118 cm³/mol. The van der Waals surface area contributed by atoms with Crippen molar-refractivity contribution in [3.8, 4) is 28.4 Å². The van der Waals surface area contributed by atoms with Gasteiger partial charge in [-0.2, -0.15) is 0 Å². The van der Waals surface area contributed by atoms with Crippen molar-refractivity contribution >= 4 is 23.2 Å². The van der Waals surface area contributed by atoms with Gasteiger partial charge in [0, 0.05) is 16.3 Å². The third-order valence-electron chi connectivity index (χ3n) is 4.83. The Morgan fingerprint density at radius 1 is 1.03 bits per heavy atom. The number of aliphatic hydroxyl groups is 1. The Hall–Kier alpha value is -3.48. The van der Waals surface area contributed by atoms with E-state index in [0.29, 0.717) is 39.3 Å². The molecule has 0 bridgehead atoms. The zero-order valence-corrected chi connectivity index (χ0v) is 17.7. The predicted octanol–water partition coefficient (Wildman–Crippen LogP) is 5.92. The first-order valence-corrected chi connectivity index (χ1v) is 9.92. The fourth-order valence-electron chi connectivity index (χ4n) is 3.14. The van der Waals surface area contributed by atoms with Gasteiger partial charge in [0.05, 0.1) is 12.7 Å². The van der Waals surface area contributed by atoms with Crippen molar-refractivity contribution in [1.82, 2.24) is 0 Å². The summed E-state index contributed by atoms with van der Waals surface area (Å²) in [6.07, 6.45) is 0. The van der Waals surface area contributed by atoms with E-state index in [-0.39, 0.29) is 12.4 Å². The summed E-state index contributed by atoms with van der Waals surface area (Å²) < 4.78 is 16.7. The molecule has 7 heteroatoms. The number of hydrogen-bond donors (Lipinski definition) is 2. The first-order chi connectivity index (χ1) is 15.0. The van der Waals surface area contributed by atoms with E-state index in [2.05, 4.69) is 5.32 Å². The molecule has 2 aromatic carbocycles. The third kappa shape index (κ3) is 4.35. The summed E-state index contributed by atoms with van der Waals surface area (Å²) in [5.41, 5.74) is 2.94. The fraction of sp³-hybridized carbons (Fsp3) is 0.125. The molecular formula is C24H20ClNO5. The molecule has 2 aromatic heterocycles. The summed E-state index contributed by atoms with van der Waals surface area (Å²) in [4.78, 5) is 12.7. The molecule has 1 amide bonds. The van der Waals surface area contributed by atoms with E-state index in [9.17, 15) is 9.90 Å². The largest absolute Gasteiger partial charge is 0.496 e. The molecule has 158 valence electrons. The molecule has 0 saturated carbocycles. The number of halogens is 1. The number of hydrogen-bond acceptors (Lipinski definition) is 5. The lowest BCUT2D eigenvalue weighted by Crippen LogP contribution is -2.10. The normalized spacial score (nSPS) is 10.8. The number of carbonyl (C=O) groups is 1. The number of furan rings is 2. The molecule has 0 radical (unpaired) electrons. The van der Waals surface area contributed by atoms with Gasteiger partial charge in [-0.15, -0.1) is 0 Å². The number of benzene rings is 2. The highest BCUT2D eigenvalue weighted by Crippen LogP contribution is 2.34. The van der Waals surface area contributed by atoms with Crippen molar-refractivity contribution in [1.29, 1.82) is 0 Å². The molecule has 0 unspecified atom stereocenters. The Balaban J connectivity index is 1.57. The summed E-state index contributed by atoms with van der Waals surface area (Å²) in [6.45, 7) is 1.72. The maximum absolute atomic E-state index is 12.7. The quantitative estimate of drug-likeness (QED) is 0.391. The van der Waals surface area contributed by atoms with E-state index in [4.69, 9.17) is 25.2 Å². The number of aliphatic hydroxyl groups excluding tert-OH is 1. The topological polar surface area (TPSA) is 84.8 Å². The van der Waals surface area contributed by atoms with Crippen molar-refractivity contribution in [3.05, 3.63) is 82.8 Å². The summed E-state index contributed by atoms with van der Waals surface area (Å²) in [5, 5.41) is 12.7. The van der Waals surface area contributed by atoms with E-state index < -0.39 is 5.91 Å². The lowest BCUT2D eigenvalue weighted by Gasteiger charge is -2.10. The Kier molecular flexibility index (Phi) is 5.84. The van der Waals surface area contributed by atoms with Crippen LogP contribution in [0.25, 0.3) is 22.6 Å². The number of rotatable bonds is 6. The first-order valence-electron chi connectivity index (χ1n) is 9.54. The number of methoxy groups -OCH3 is 1. The number of carbonyl (C=O) groups excluding carboxylic acids is 1. The summed E-state index contributed by atoms with van der Waals surface area (Å²) in [5.74, 6) is 1.86. The van der Waals surface area contributed by atoms with Gasteiger partial charge in [0.25, 0.3) is 5.91 Å². The minimum Gasteiger partial charge on any atom is -0.496 e. The monoisotopic (exact) mass is 437 g/mol. The molecule has 0 aliphatic heterocycles. The molecule has 0 atom stereocenters. The zero-order chi connectivity index (χ0) is 22.0. The Bertz CT molecular complexity index is 1240. The maximum Gasteiger partial charge on any atom is 0.291 e. The van der Waals surface area contributed by atoms with Gasteiger partial charge in [-0.3, -0.25) is 4.79 Å². The molecule has 2 heterocycles. The summed E-state index contributed by atoms with van der Waals surface area (Å²) >= 11 is 6.19. The number of anilines is 1. The van der Waals surface area contributed by atoms with Crippen LogP contribution in [0.5, 0.6) is 5.75 Å². The van der Waals surface area contributed by atoms with Gasteiger partial charge in [-0.1, -0.05) is 23.7 Å². The molecule has 31 heavy (non-hydrogen) atoms. The van der Waals surface area contributed by atoms with Crippen molar-refractivity contribution in [2.75, 3.05) is 12.4 Å². The van der Waals surface area contributed by atoms with Crippen LogP contribution in [0.1, 0.15) is 21.9 Å². The van der Waals surface area contributed by atoms with Crippen molar-refractivity contribution in [2.24, 2.45) is 0 Å². The van der Waals surface area contributed by atoms with Gasteiger partial charge in [0.1, 0.15) is 29.6 Å². The number of amides is 1. The molecule has 2 N–H and O–H groups in total. The minimum absolute atomic E-state index is 0.171. The second kappa shape index (κ2) is 8.71. The van der Waals surface area contributed by atoms with Crippen LogP contribution in [-0.4, -0.2) is 18.1 Å². The van der Waals surface area contributed by atoms with E-state index in [1.807, 2.05) is 19.1 Å². The van der Waals surface area contributed by atoms with E-state index in [0.717, 1.165) is 11.1 Å². The summed E-state index contributed by atoms with van der Waals surface area (Å²) in [7, 11) is 1.55. The van der Waals surface area contributed by atoms with Crippen molar-refractivity contribution < 1.29 is 23.5 Å². The lowest BCUT2D eigenvalue weighted by molar-refractivity contribution is 0.0997. The number of aryl methyl sites for hydroxylation is 1. The van der Waals surface area contributed by atoms with Crippen LogP contribution >= 0.6 is 11.6 Å². The maximum atomic E-state index is 12.7. The SMILES string of the molecule is COc1ccc(NC(=O)c2ccc(-c3ccc(C)c(Cl)c3)o2)cc1-c1ccc(CO)o1. The number of ether oxygens (including phenoxy) is 1. The molecule has 0 saturated heterocycles. The van der Waals surface area contributed by atoms with Crippen LogP contribution in [0, 0.1) is 6.92 Å². The van der Waals surface area contributed by atoms with E-state index in [1.165, 1.54) is 0 Å². The molecular weight excluding hydrogens is 418 g/mol. The Morgan fingerprint density at radius 3 is 2.55 bits per heavy atom. The van der Waals surface area contributed by atoms with Gasteiger partial charge in [0.2, 0.25) is 0 Å². The van der Waals surface area contributed by atoms with Crippen LogP contribution < -0.4 is 10.1 Å². The molecule has 4 rings (SSSR count). The second-order valence-electron chi connectivity index (χ2n) is 6.92. The summed E-state index contributed by atoms with van der Waals surface area (Å²) in [6, 6.07) is 17.5. The minimum atomic E-state index is -0.393. The van der Waals surface area contributed by atoms with Crippen molar-refractivity contribution in [2.45, 2.75) is 13.5 Å². The third-order valence-corrected chi connectivity index (χ3v) is 5.23. The lowest BCUT2D eigenvalue weighted by atomic mass is 10.1. The Morgan fingerprint density at radius 2 is 1.84 bits per heavy atom. The van der Waals surface area contributed by atoms with Crippen LogP contribution in [0.2, 0.25) is 5.02 Å². The molecule has 6 nitrogen and oxygen atoms in total. The molecule has 0 aliphatic carbocycles. The van der Waals surface area contributed by atoms with Gasteiger partial charge < -0.3 is 24.0 Å². The molecule has 0 spiro atoms. The van der Waals surface area contributed by atoms with Gasteiger partial charge in [-0.05, 0) is 61.0 Å². The molecule has 0 fully saturated rings. The average Bonchev–Trinajstić information content (AvgIpc) is 3.45. The Labute approximate surface area is 184 Å². The highest BCUT2D eigenvalue weighted by atomic mass is 35.5. The second-order valence-corrected chi connectivity index (χ2v) is 7.33. The van der Waals surface area contributed by atoms with Gasteiger partial charge in [-0.25, -0.2) is 0 Å². The number of nitrogens with one attached hydrogen (secondary N) is 1. The van der Waals surface area contributed by atoms with Crippen LogP contribution in [0.4, 0.5) is 5.69 Å². The molecule has 4 aromatic rings. The van der Waals surface area contributed by atoms with Gasteiger partial charge in [0.15, 0.2) is 5.76 Å². The van der Waals surface area contributed by atoms with Crippen LogP contribution in [0.15, 0.2) is 69.5 Å². The highest BCUT2D eigenvalue weighted by molar-refractivity contribution is 6.31. The first kappa shape index (κ1) is 20.8. The van der Waals surface area contributed by atoms with Crippen LogP contribution in [-0.2, 0) is 6.61 Å². The van der Waals surface area contributed by atoms with Crippen LogP contribution in [0.3, 0.4) is 0 Å². The fourth-order valence-corrected chi connectivity index (χ4v) is 3.32. The standard InChI is InChI=1S/C24H20ClNO5/c1-14-3-4-15(11-19(14)25)20-9-10-23(31-20)24(28)26-16-5-7-21(29-2)18(12-16)22-8-6-17(13-27)30-22/h3-12,27H,13H2,1-2H3,(H,26,28). The average molecular weight is 438 g/mol.